The van der Waals surface area contributed by atoms with Crippen molar-refractivity contribution in [3.63, 3.8) is 0 Å². The van der Waals surface area contributed by atoms with Gasteiger partial charge >= 0.3 is 0 Å². The molecule has 0 bridgehead atoms. The first-order valence-corrected chi connectivity index (χ1v) is 14.6. The van der Waals surface area contributed by atoms with Gasteiger partial charge in [0.05, 0.1) is 23.2 Å². The highest BCUT2D eigenvalue weighted by atomic mass is 32.2. The van der Waals surface area contributed by atoms with Crippen LogP contribution in [0.5, 0.6) is 0 Å². The number of hydrogen-bond donors (Lipinski definition) is 3. The minimum atomic E-state index is -3.93. The van der Waals surface area contributed by atoms with E-state index in [1.165, 1.54) is 22.8 Å². The van der Waals surface area contributed by atoms with Crippen LogP contribution in [0.15, 0.2) is 66.0 Å². The molecule has 1 fully saturated rings. The van der Waals surface area contributed by atoms with Gasteiger partial charge < -0.3 is 15.7 Å². The molecule has 39 heavy (non-hydrogen) atoms. The summed E-state index contributed by atoms with van der Waals surface area (Å²) in [5, 5.41) is 17.4. The predicted molar refractivity (Wildman–Crippen MR) is 147 cm³/mol. The maximum Gasteiger partial charge on any atom is 0.260 e. The molecule has 1 saturated heterocycles. The third kappa shape index (κ3) is 6.78. The van der Waals surface area contributed by atoms with E-state index >= 15 is 0 Å². The zero-order valence-electron chi connectivity index (χ0n) is 22.3. The third-order valence-corrected chi connectivity index (χ3v) is 8.84. The molecule has 10 nitrogen and oxygen atoms in total. The van der Waals surface area contributed by atoms with E-state index < -0.39 is 46.1 Å². The number of carbonyl (C=O) groups is 2. The lowest BCUT2D eigenvalue weighted by molar-refractivity contribution is -0.125. The van der Waals surface area contributed by atoms with E-state index in [0.29, 0.717) is 24.8 Å². The van der Waals surface area contributed by atoms with Crippen molar-refractivity contribution in [3.05, 3.63) is 66.5 Å². The fourth-order valence-electron chi connectivity index (χ4n) is 4.79. The van der Waals surface area contributed by atoms with E-state index in [-0.39, 0.29) is 17.5 Å². The number of sulfonamides is 1. The first-order valence-electron chi connectivity index (χ1n) is 13.1. The van der Waals surface area contributed by atoms with Crippen LogP contribution in [-0.2, 0) is 14.8 Å². The molecule has 1 aliphatic rings. The number of benzene rings is 1. The van der Waals surface area contributed by atoms with E-state index in [4.69, 9.17) is 0 Å². The zero-order valence-corrected chi connectivity index (χ0v) is 23.1. The van der Waals surface area contributed by atoms with Crippen LogP contribution in [0.3, 0.4) is 0 Å². The normalized spacial score (nSPS) is 21.3. The van der Waals surface area contributed by atoms with Crippen molar-refractivity contribution in [2.75, 3.05) is 6.54 Å². The molecule has 4 atom stereocenters. The Balaban J connectivity index is 1.47. The second-order valence-electron chi connectivity index (χ2n) is 10.4. The Labute approximate surface area is 228 Å². The van der Waals surface area contributed by atoms with Crippen molar-refractivity contribution in [1.82, 2.24) is 24.9 Å². The number of rotatable bonds is 8. The van der Waals surface area contributed by atoms with Crippen molar-refractivity contribution in [1.29, 1.82) is 0 Å². The molecule has 2 amide bonds. The fraction of sp³-hybridized carbons (Fsp3) is 0.429. The van der Waals surface area contributed by atoms with Gasteiger partial charge in [-0.2, -0.15) is 4.31 Å². The van der Waals surface area contributed by atoms with Crippen molar-refractivity contribution in [3.8, 4) is 0 Å². The second kappa shape index (κ2) is 12.2. The summed E-state index contributed by atoms with van der Waals surface area (Å²) in [5.74, 6) is -0.742. The molecule has 1 aromatic carbocycles. The van der Waals surface area contributed by atoms with Gasteiger partial charge in [-0.3, -0.25) is 14.6 Å². The number of fused-ring (bicyclic) bond motifs is 1. The summed E-state index contributed by atoms with van der Waals surface area (Å²) in [7, 11) is -3.93. The average molecular weight is 554 g/mol. The van der Waals surface area contributed by atoms with E-state index in [1.807, 2.05) is 38.1 Å². The number of pyridine rings is 2. The van der Waals surface area contributed by atoms with Crippen LogP contribution in [0.1, 0.15) is 50.4 Å². The summed E-state index contributed by atoms with van der Waals surface area (Å²) < 4.78 is 27.7. The molecule has 4 rings (SSSR count). The van der Waals surface area contributed by atoms with E-state index in [9.17, 15) is 23.1 Å². The molecule has 2 aromatic heterocycles. The molecule has 0 aliphatic carbocycles. The van der Waals surface area contributed by atoms with E-state index in [2.05, 4.69) is 20.6 Å². The first kappa shape index (κ1) is 28.6. The van der Waals surface area contributed by atoms with Crippen molar-refractivity contribution >= 4 is 32.7 Å². The first-order chi connectivity index (χ1) is 18.6. The summed E-state index contributed by atoms with van der Waals surface area (Å²) in [6.07, 6.45) is 2.94. The van der Waals surface area contributed by atoms with E-state index in [1.54, 1.807) is 25.1 Å². The molecule has 3 N–H and O–H groups in total. The Bertz CT molecular complexity index is 1420. The molecule has 0 spiro atoms. The molecule has 11 heteroatoms. The number of aliphatic hydroxyl groups is 1. The topological polar surface area (TPSA) is 142 Å². The minimum absolute atomic E-state index is 0.0885. The highest BCUT2D eigenvalue weighted by Crippen LogP contribution is 2.24. The van der Waals surface area contributed by atoms with Crippen molar-refractivity contribution < 1.29 is 23.1 Å². The largest absolute Gasteiger partial charge is 0.390 e. The van der Waals surface area contributed by atoms with Crippen LogP contribution in [0.4, 0.5) is 0 Å². The van der Waals surface area contributed by atoms with Gasteiger partial charge in [0.15, 0.2) is 5.03 Å². The monoisotopic (exact) mass is 553 g/mol. The zero-order chi connectivity index (χ0) is 28.2. The number of carbonyl (C=O) groups excluding carboxylic acids is 2. The van der Waals surface area contributed by atoms with Crippen LogP contribution in [0.25, 0.3) is 10.9 Å². The molecule has 0 saturated carbocycles. The summed E-state index contributed by atoms with van der Waals surface area (Å²) in [5.41, 5.74) is 1.11. The maximum atomic E-state index is 13.4. The number of hydrogen-bond acceptors (Lipinski definition) is 7. The fourth-order valence-corrected chi connectivity index (χ4v) is 6.41. The maximum absolute atomic E-state index is 13.4. The third-order valence-electron chi connectivity index (χ3n) is 6.94. The Hall–Kier alpha value is -3.41. The highest BCUT2D eigenvalue weighted by molar-refractivity contribution is 7.89. The van der Waals surface area contributed by atoms with Gasteiger partial charge in [0.1, 0.15) is 6.04 Å². The van der Waals surface area contributed by atoms with Crippen LogP contribution < -0.4 is 10.6 Å². The lowest BCUT2D eigenvalue weighted by Gasteiger charge is -2.28. The quantitative estimate of drug-likeness (QED) is 0.389. The highest BCUT2D eigenvalue weighted by Gasteiger charge is 2.38. The molecular formula is C28H35N5O5S. The standard InChI is InChI=1S/C28H35N5O5S/c1-18(2)14-24(32-27(35)21-15-20-8-4-5-9-22(20)30-16-21)28(36)31-23-12-11-19(3)33(17-25(23)34)39(37,38)26-10-6-7-13-29-26/h4-10,13,15-16,18-19,23-25,34H,11-12,14,17H2,1-3H3,(H,31,36)(H,32,35)/t19-,23+,24+,25+/m1/s1. The van der Waals surface area contributed by atoms with Gasteiger partial charge in [0.2, 0.25) is 5.91 Å². The van der Waals surface area contributed by atoms with Gasteiger partial charge in [-0.15, -0.1) is 0 Å². The Morgan fingerprint density at radius 1 is 1.10 bits per heavy atom. The molecule has 3 heterocycles. The molecule has 0 unspecified atom stereocenters. The van der Waals surface area contributed by atoms with Gasteiger partial charge in [0, 0.05) is 30.4 Å². The number of nitrogens with zero attached hydrogens (tertiary/aromatic N) is 3. The molecule has 3 aromatic rings. The van der Waals surface area contributed by atoms with Gasteiger partial charge in [0.25, 0.3) is 15.9 Å². The Morgan fingerprint density at radius 3 is 2.56 bits per heavy atom. The summed E-state index contributed by atoms with van der Waals surface area (Å²) in [6, 6.07) is 11.9. The summed E-state index contributed by atoms with van der Waals surface area (Å²) in [4.78, 5) is 34.7. The molecule has 0 radical (unpaired) electrons. The van der Waals surface area contributed by atoms with Gasteiger partial charge in [-0.1, -0.05) is 38.1 Å². The van der Waals surface area contributed by atoms with Crippen LogP contribution in [0, 0.1) is 5.92 Å². The summed E-state index contributed by atoms with van der Waals surface area (Å²) >= 11 is 0. The lowest BCUT2D eigenvalue weighted by atomic mass is 10.0. The number of aliphatic hydroxyl groups excluding tert-OH is 1. The number of β-amino-alcohol motifs (C(OH)–C–C–N with tert-alkyl or cyclic N) is 1. The van der Waals surface area contributed by atoms with Gasteiger partial charge in [-0.25, -0.2) is 13.4 Å². The lowest BCUT2D eigenvalue weighted by Crippen LogP contribution is -2.54. The Kier molecular flexibility index (Phi) is 8.94. The van der Waals surface area contributed by atoms with Crippen LogP contribution in [0.2, 0.25) is 0 Å². The van der Waals surface area contributed by atoms with Crippen molar-refractivity contribution in [2.24, 2.45) is 5.92 Å². The Morgan fingerprint density at radius 2 is 1.85 bits per heavy atom. The smallest absolute Gasteiger partial charge is 0.260 e. The summed E-state index contributed by atoms with van der Waals surface area (Å²) in [6.45, 7) is 5.49. The van der Waals surface area contributed by atoms with Crippen LogP contribution >= 0.6 is 0 Å². The van der Waals surface area contributed by atoms with Crippen LogP contribution in [-0.4, -0.2) is 70.4 Å². The number of aromatic nitrogens is 2. The molecular weight excluding hydrogens is 518 g/mol. The average Bonchev–Trinajstić information content (AvgIpc) is 3.06. The number of amides is 2. The molecule has 208 valence electrons. The number of para-hydroxylation sites is 1. The second-order valence-corrected chi connectivity index (χ2v) is 12.3. The SMILES string of the molecule is CC(C)C[C@H](NC(=O)c1cnc2ccccc2c1)C(=O)N[C@H]1CC[C@@H](C)N(S(=O)(=O)c2ccccn2)C[C@@H]1O. The van der Waals surface area contributed by atoms with Crippen molar-refractivity contribution in [2.45, 2.75) is 69.3 Å². The minimum Gasteiger partial charge on any atom is -0.390 e. The number of nitrogens with one attached hydrogen (secondary N) is 2. The predicted octanol–water partition coefficient (Wildman–Crippen LogP) is 2.49. The van der Waals surface area contributed by atoms with E-state index in [0.717, 1.165) is 10.9 Å². The van der Waals surface area contributed by atoms with Gasteiger partial charge in [-0.05, 0) is 56.4 Å². The molecule has 1 aliphatic heterocycles.